The van der Waals surface area contributed by atoms with Crippen LogP contribution in [-0.2, 0) is 10.8 Å². The van der Waals surface area contributed by atoms with Gasteiger partial charge in [-0.25, -0.2) is 0 Å². The lowest BCUT2D eigenvalue weighted by Gasteiger charge is -2.37. The van der Waals surface area contributed by atoms with Crippen LogP contribution >= 0.6 is 0 Å². The molecule has 9 aromatic rings. The highest BCUT2D eigenvalue weighted by atomic mass is 14.6. The van der Waals surface area contributed by atoms with E-state index in [-0.39, 0.29) is 16.7 Å². The summed E-state index contributed by atoms with van der Waals surface area (Å²) in [7, 11) is 0. The molecule has 0 saturated heterocycles. The molecule has 0 heterocycles. The summed E-state index contributed by atoms with van der Waals surface area (Å²) in [4.78, 5) is 0. The average molecular weight is 749 g/mol. The summed E-state index contributed by atoms with van der Waals surface area (Å²) in [6, 6.07) is 65.9. The van der Waals surface area contributed by atoms with Crippen LogP contribution in [0.15, 0.2) is 170 Å². The van der Waals surface area contributed by atoms with E-state index < -0.39 is 0 Å². The Bertz CT molecular complexity index is 3520. The average Bonchev–Trinajstić information content (AvgIpc) is 3.96. The van der Waals surface area contributed by atoms with E-state index in [0.29, 0.717) is 0 Å². The summed E-state index contributed by atoms with van der Waals surface area (Å²) in [6.07, 6.45) is 0.970. The van der Waals surface area contributed by atoms with Gasteiger partial charge in [-0.2, -0.15) is 0 Å². The highest BCUT2D eigenvalue weighted by molar-refractivity contribution is 6.22. The van der Waals surface area contributed by atoms with Gasteiger partial charge in [0.2, 0.25) is 0 Å². The molecule has 0 saturated carbocycles. The third-order valence-electron chi connectivity index (χ3n) is 15.0. The molecule has 0 bridgehead atoms. The normalized spacial score (nSPS) is 16.6. The Kier molecular flexibility index (Phi) is 5.92. The molecule has 14 rings (SSSR count). The van der Waals surface area contributed by atoms with Crippen LogP contribution < -0.4 is 10.4 Å². The van der Waals surface area contributed by atoms with E-state index >= 15 is 0 Å². The Morgan fingerprint density at radius 1 is 0.441 bits per heavy atom. The maximum atomic E-state index is 2.50. The topological polar surface area (TPSA) is 0 Å². The molecule has 1 unspecified atom stereocenters. The zero-order chi connectivity index (χ0) is 38.9. The fourth-order valence-corrected chi connectivity index (χ4v) is 12.7. The minimum absolute atomic E-state index is 0.0800. The van der Waals surface area contributed by atoms with Crippen molar-refractivity contribution in [2.45, 2.75) is 38.0 Å². The van der Waals surface area contributed by atoms with E-state index in [1.54, 1.807) is 0 Å². The molecule has 9 aromatic carbocycles. The Labute approximate surface area is 344 Å². The molecule has 0 fully saturated rings. The molecule has 59 heavy (non-hydrogen) atoms. The molecule has 0 nitrogen and oxygen atoms in total. The summed E-state index contributed by atoms with van der Waals surface area (Å²) in [5.41, 5.74) is 25.1. The fourth-order valence-electron chi connectivity index (χ4n) is 12.7. The molecule has 276 valence electrons. The molecule has 0 radical (unpaired) electrons. The summed E-state index contributed by atoms with van der Waals surface area (Å²) >= 11 is 0. The molecule has 0 amide bonds. The van der Waals surface area contributed by atoms with E-state index in [9.17, 15) is 0 Å². The molecular formula is C59H40. The number of hydrogen-bond donors (Lipinski definition) is 0. The van der Waals surface area contributed by atoms with Crippen LogP contribution in [0.5, 0.6) is 0 Å². The second kappa shape index (κ2) is 10.8. The number of fused-ring (bicyclic) bond motifs is 17. The largest absolute Gasteiger partial charge is 0.0619 e. The predicted octanol–water partition coefficient (Wildman–Crippen LogP) is 13.3. The first kappa shape index (κ1) is 32.2. The van der Waals surface area contributed by atoms with Crippen molar-refractivity contribution in [2.24, 2.45) is 5.92 Å². The molecule has 0 aliphatic heterocycles. The third kappa shape index (κ3) is 3.78. The Hall–Kier alpha value is -6.76. The van der Waals surface area contributed by atoms with E-state index in [0.717, 1.165) is 6.42 Å². The highest BCUT2D eigenvalue weighted by Gasteiger charge is 2.57. The Morgan fingerprint density at radius 3 is 1.81 bits per heavy atom. The Balaban J connectivity index is 1.09. The van der Waals surface area contributed by atoms with Crippen LogP contribution in [0.4, 0.5) is 0 Å². The highest BCUT2D eigenvalue weighted by Crippen LogP contribution is 2.66. The van der Waals surface area contributed by atoms with Gasteiger partial charge in [0.15, 0.2) is 0 Å². The quantitative estimate of drug-likeness (QED) is 0.157. The minimum atomic E-state index is -0.279. The van der Waals surface area contributed by atoms with Crippen molar-refractivity contribution in [3.63, 3.8) is 0 Å². The fraction of sp³-hybridized carbons (Fsp3) is 0.119. The summed E-state index contributed by atoms with van der Waals surface area (Å²) in [5.74, 6) is 0.243. The molecule has 0 heteroatoms. The van der Waals surface area contributed by atoms with Crippen molar-refractivity contribution in [2.75, 3.05) is 0 Å². The van der Waals surface area contributed by atoms with Gasteiger partial charge in [-0.1, -0.05) is 178 Å². The van der Waals surface area contributed by atoms with Crippen LogP contribution in [0.1, 0.15) is 60.6 Å². The molecule has 1 atom stereocenters. The summed E-state index contributed by atoms with van der Waals surface area (Å²) in [5, 5.41) is 8.22. The summed E-state index contributed by atoms with van der Waals surface area (Å²) in [6.45, 7) is 6.96. The zero-order valence-corrected chi connectivity index (χ0v) is 33.5. The molecule has 0 aromatic heterocycles. The smallest absolute Gasteiger partial charge is 0.0541 e. The van der Waals surface area contributed by atoms with E-state index in [1.165, 1.54) is 132 Å². The van der Waals surface area contributed by atoms with Gasteiger partial charge >= 0.3 is 0 Å². The molecule has 5 aliphatic rings. The van der Waals surface area contributed by atoms with Crippen molar-refractivity contribution in [1.82, 2.24) is 0 Å². The number of rotatable bonds is 1. The first-order chi connectivity index (χ1) is 28.9. The number of hydrogen-bond acceptors (Lipinski definition) is 0. The van der Waals surface area contributed by atoms with Crippen LogP contribution in [-0.4, -0.2) is 0 Å². The van der Waals surface area contributed by atoms with E-state index in [2.05, 4.69) is 191 Å². The predicted molar refractivity (Wildman–Crippen MR) is 246 cm³/mol. The van der Waals surface area contributed by atoms with Gasteiger partial charge in [-0.15, -0.1) is 0 Å². The minimum Gasteiger partial charge on any atom is -0.0619 e. The SMILES string of the molecule is CC(C)(C)c1ccc2c(c1)-c1cccc3c(-c4c5c(cc6ccccc46)-c4cccc6c4=C5CC4C=6c5ccccc5C45c4ccccc4-c4ccccc45)ccc-2c13. The zero-order valence-electron chi connectivity index (χ0n) is 33.5. The maximum absolute atomic E-state index is 2.50. The van der Waals surface area contributed by atoms with Crippen LogP contribution in [0.25, 0.3) is 88.3 Å². The summed E-state index contributed by atoms with van der Waals surface area (Å²) < 4.78 is 0. The van der Waals surface area contributed by atoms with Gasteiger partial charge < -0.3 is 0 Å². The van der Waals surface area contributed by atoms with Crippen molar-refractivity contribution in [3.8, 4) is 55.6 Å². The van der Waals surface area contributed by atoms with Crippen LogP contribution in [0, 0.1) is 5.92 Å². The van der Waals surface area contributed by atoms with E-state index in [1.807, 2.05) is 0 Å². The standard InChI is InChI=1S/C59H40/c1-58(2,3)34-26-27-36-42-28-29-43(39-19-12-20-40(53(39)42)46(36)31-34)56-35-15-5-4-14-33(35)30-47-41-21-13-22-45-54(41)48(57(47)56)32-52-55(45)44-18-8-11-25-51(44)59(52)49-23-9-6-16-37(49)38-17-7-10-24-50(38)59/h4-31,52H,32H2,1-3H3. The van der Waals surface area contributed by atoms with Crippen LogP contribution in [0.3, 0.4) is 0 Å². The second-order valence-electron chi connectivity index (χ2n) is 18.6. The number of benzene rings is 9. The monoisotopic (exact) mass is 748 g/mol. The van der Waals surface area contributed by atoms with E-state index in [4.69, 9.17) is 0 Å². The second-order valence-corrected chi connectivity index (χ2v) is 18.6. The van der Waals surface area contributed by atoms with Crippen molar-refractivity contribution >= 4 is 32.7 Å². The lowest BCUT2D eigenvalue weighted by atomic mass is 9.64. The van der Waals surface area contributed by atoms with Gasteiger partial charge in [0.25, 0.3) is 0 Å². The Morgan fingerprint density at radius 2 is 1.03 bits per heavy atom. The van der Waals surface area contributed by atoms with Crippen LogP contribution in [0.2, 0.25) is 0 Å². The van der Waals surface area contributed by atoms with Gasteiger partial charge in [-0.05, 0) is 156 Å². The van der Waals surface area contributed by atoms with Gasteiger partial charge in [-0.3, -0.25) is 0 Å². The molecule has 5 aliphatic carbocycles. The first-order valence-electron chi connectivity index (χ1n) is 21.4. The first-order valence-corrected chi connectivity index (χ1v) is 21.4. The lowest BCUT2D eigenvalue weighted by Crippen LogP contribution is -2.40. The van der Waals surface area contributed by atoms with Crippen molar-refractivity contribution in [3.05, 3.63) is 214 Å². The molecular weight excluding hydrogens is 709 g/mol. The van der Waals surface area contributed by atoms with Crippen molar-refractivity contribution < 1.29 is 0 Å². The molecule has 0 N–H and O–H groups in total. The molecule has 1 spiro atoms. The van der Waals surface area contributed by atoms with Gasteiger partial charge in [0.05, 0.1) is 5.41 Å². The van der Waals surface area contributed by atoms with Crippen molar-refractivity contribution in [1.29, 1.82) is 0 Å². The third-order valence-corrected chi connectivity index (χ3v) is 15.0. The van der Waals surface area contributed by atoms with Gasteiger partial charge in [0, 0.05) is 5.92 Å². The lowest BCUT2D eigenvalue weighted by molar-refractivity contribution is 0.498. The maximum Gasteiger partial charge on any atom is 0.0541 e. The van der Waals surface area contributed by atoms with Gasteiger partial charge in [0.1, 0.15) is 0 Å².